The summed E-state index contributed by atoms with van der Waals surface area (Å²) in [5.74, 6) is -0.110. The number of rotatable bonds is 4. The number of hydrogen-bond acceptors (Lipinski definition) is 5. The number of pyridine rings is 1. The van der Waals surface area contributed by atoms with Gasteiger partial charge in [0.2, 0.25) is 5.56 Å². The van der Waals surface area contributed by atoms with Crippen molar-refractivity contribution in [1.29, 1.82) is 0 Å². The van der Waals surface area contributed by atoms with Crippen molar-refractivity contribution in [1.82, 2.24) is 24.1 Å². The Morgan fingerprint density at radius 2 is 2.08 bits per heavy atom. The summed E-state index contributed by atoms with van der Waals surface area (Å²) in [6, 6.07) is 2.77. The topological polar surface area (TPSA) is 72.6 Å². The van der Waals surface area contributed by atoms with Crippen molar-refractivity contribution in [3.05, 3.63) is 52.2 Å². The van der Waals surface area contributed by atoms with E-state index in [0.717, 1.165) is 5.56 Å². The van der Waals surface area contributed by atoms with Gasteiger partial charge < -0.3 is 19.1 Å². The second-order valence-corrected chi connectivity index (χ2v) is 6.93. The minimum absolute atomic E-state index is 0.110. The van der Waals surface area contributed by atoms with Crippen molar-refractivity contribution >= 4 is 5.91 Å². The number of amides is 1. The Morgan fingerprint density at radius 1 is 1.31 bits per heavy atom. The van der Waals surface area contributed by atoms with E-state index in [9.17, 15) is 9.59 Å². The van der Waals surface area contributed by atoms with Crippen LogP contribution in [0.2, 0.25) is 0 Å². The number of aryl methyl sites for hydroxylation is 2. The van der Waals surface area contributed by atoms with Gasteiger partial charge >= 0.3 is 0 Å². The molecule has 2 atom stereocenters. The van der Waals surface area contributed by atoms with E-state index in [1.807, 2.05) is 37.1 Å². The third-order valence-corrected chi connectivity index (χ3v) is 4.56. The summed E-state index contributed by atoms with van der Waals surface area (Å²) in [7, 11) is 7.47. The first-order valence-corrected chi connectivity index (χ1v) is 8.59. The molecule has 3 heterocycles. The molecule has 0 saturated carbocycles. The van der Waals surface area contributed by atoms with Crippen LogP contribution in [0.25, 0.3) is 0 Å². The maximum absolute atomic E-state index is 13.2. The van der Waals surface area contributed by atoms with Crippen molar-refractivity contribution in [2.45, 2.75) is 12.1 Å². The summed E-state index contributed by atoms with van der Waals surface area (Å²) >= 11 is 0. The molecule has 0 spiro atoms. The molecular formula is C18H25N5O3. The van der Waals surface area contributed by atoms with Crippen LogP contribution in [0.5, 0.6) is 0 Å². The predicted molar refractivity (Wildman–Crippen MR) is 97.0 cm³/mol. The van der Waals surface area contributed by atoms with Gasteiger partial charge in [-0.15, -0.1) is 0 Å². The van der Waals surface area contributed by atoms with Gasteiger partial charge in [-0.3, -0.25) is 14.3 Å². The molecule has 26 heavy (non-hydrogen) atoms. The van der Waals surface area contributed by atoms with E-state index in [-0.39, 0.29) is 23.6 Å². The number of carbonyl (C=O) groups is 1. The SMILES string of the molecule is CN(C)C[C@@H]1OCCN(C(=O)c2ccc(=O)n(C)c2)[C@H]1c1cnn(C)c1. The van der Waals surface area contributed by atoms with E-state index >= 15 is 0 Å². The fourth-order valence-electron chi connectivity index (χ4n) is 3.35. The average Bonchev–Trinajstić information content (AvgIpc) is 3.02. The molecule has 0 aliphatic carbocycles. The van der Waals surface area contributed by atoms with E-state index in [2.05, 4.69) is 5.10 Å². The highest BCUT2D eigenvalue weighted by molar-refractivity contribution is 5.94. The molecule has 2 aromatic heterocycles. The minimum atomic E-state index is -0.232. The highest BCUT2D eigenvalue weighted by atomic mass is 16.5. The van der Waals surface area contributed by atoms with Gasteiger partial charge in [-0.25, -0.2) is 0 Å². The molecule has 1 amide bonds. The van der Waals surface area contributed by atoms with Crippen LogP contribution < -0.4 is 5.56 Å². The second-order valence-electron chi connectivity index (χ2n) is 6.93. The lowest BCUT2D eigenvalue weighted by Crippen LogP contribution is -2.51. The number of morpholine rings is 1. The maximum Gasteiger partial charge on any atom is 0.256 e. The molecule has 0 bridgehead atoms. The van der Waals surface area contributed by atoms with Crippen LogP contribution in [-0.4, -0.2) is 70.0 Å². The van der Waals surface area contributed by atoms with Gasteiger partial charge in [0, 0.05) is 51.2 Å². The molecule has 0 N–H and O–H groups in total. The lowest BCUT2D eigenvalue weighted by atomic mass is 9.99. The Kier molecular flexibility index (Phi) is 5.24. The number of aromatic nitrogens is 3. The lowest BCUT2D eigenvalue weighted by Gasteiger charge is -2.41. The maximum atomic E-state index is 13.2. The third kappa shape index (κ3) is 3.71. The smallest absolute Gasteiger partial charge is 0.256 e. The Hall–Kier alpha value is -2.45. The molecule has 1 aliphatic rings. The van der Waals surface area contributed by atoms with Crippen molar-refractivity contribution in [2.75, 3.05) is 33.8 Å². The van der Waals surface area contributed by atoms with Crippen molar-refractivity contribution < 1.29 is 9.53 Å². The Morgan fingerprint density at radius 3 is 2.69 bits per heavy atom. The van der Waals surface area contributed by atoms with Gasteiger partial charge in [-0.2, -0.15) is 5.10 Å². The molecule has 1 saturated heterocycles. The quantitative estimate of drug-likeness (QED) is 0.783. The summed E-state index contributed by atoms with van der Waals surface area (Å²) in [5, 5.41) is 4.26. The third-order valence-electron chi connectivity index (χ3n) is 4.56. The summed E-state index contributed by atoms with van der Waals surface area (Å²) in [4.78, 5) is 28.7. The zero-order chi connectivity index (χ0) is 18.8. The first-order valence-electron chi connectivity index (χ1n) is 8.59. The molecule has 0 unspecified atom stereocenters. The van der Waals surface area contributed by atoms with E-state index < -0.39 is 0 Å². The van der Waals surface area contributed by atoms with Gasteiger partial charge in [-0.05, 0) is 20.2 Å². The van der Waals surface area contributed by atoms with E-state index in [1.54, 1.807) is 30.2 Å². The highest BCUT2D eigenvalue weighted by Crippen LogP contribution is 2.31. The first-order chi connectivity index (χ1) is 12.4. The summed E-state index contributed by atoms with van der Waals surface area (Å²) < 4.78 is 9.14. The fraction of sp³-hybridized carbons (Fsp3) is 0.500. The monoisotopic (exact) mass is 359 g/mol. The van der Waals surface area contributed by atoms with E-state index in [0.29, 0.717) is 25.3 Å². The molecule has 8 heteroatoms. The molecule has 140 valence electrons. The van der Waals surface area contributed by atoms with Gasteiger partial charge in [-0.1, -0.05) is 0 Å². The first kappa shape index (κ1) is 18.3. The van der Waals surface area contributed by atoms with Crippen LogP contribution in [0.4, 0.5) is 0 Å². The molecule has 2 aromatic rings. The number of carbonyl (C=O) groups excluding carboxylic acids is 1. The molecule has 8 nitrogen and oxygen atoms in total. The molecule has 1 fully saturated rings. The average molecular weight is 359 g/mol. The number of likely N-dealkylation sites (N-methyl/N-ethyl adjacent to an activating group) is 1. The van der Waals surface area contributed by atoms with Crippen LogP contribution in [0.15, 0.2) is 35.5 Å². The second kappa shape index (κ2) is 7.43. The summed E-state index contributed by atoms with van der Waals surface area (Å²) in [5.41, 5.74) is 1.29. The molecule has 0 aromatic carbocycles. The van der Waals surface area contributed by atoms with Gasteiger partial charge in [0.1, 0.15) is 0 Å². The van der Waals surface area contributed by atoms with Gasteiger partial charge in [0.25, 0.3) is 5.91 Å². The van der Waals surface area contributed by atoms with Crippen molar-refractivity contribution in [2.24, 2.45) is 14.1 Å². The molecule has 1 aliphatic heterocycles. The minimum Gasteiger partial charge on any atom is -0.373 e. The van der Waals surface area contributed by atoms with Gasteiger partial charge in [0.15, 0.2) is 0 Å². The molecular weight excluding hydrogens is 334 g/mol. The Bertz CT molecular complexity index is 841. The van der Waals surface area contributed by atoms with Crippen molar-refractivity contribution in [3.8, 4) is 0 Å². The van der Waals surface area contributed by atoms with E-state index in [1.165, 1.54) is 10.6 Å². The van der Waals surface area contributed by atoms with Crippen LogP contribution in [0, 0.1) is 0 Å². The number of nitrogens with zero attached hydrogens (tertiary/aromatic N) is 5. The van der Waals surface area contributed by atoms with Crippen LogP contribution in [0.3, 0.4) is 0 Å². The normalized spacial score (nSPS) is 20.6. The zero-order valence-corrected chi connectivity index (χ0v) is 15.6. The zero-order valence-electron chi connectivity index (χ0n) is 15.6. The number of hydrogen-bond donors (Lipinski definition) is 0. The highest BCUT2D eigenvalue weighted by Gasteiger charge is 2.37. The Balaban J connectivity index is 1.97. The van der Waals surface area contributed by atoms with Crippen LogP contribution in [0.1, 0.15) is 22.0 Å². The number of ether oxygens (including phenoxy) is 1. The lowest BCUT2D eigenvalue weighted by molar-refractivity contribution is -0.0685. The van der Waals surface area contributed by atoms with Crippen molar-refractivity contribution in [3.63, 3.8) is 0 Å². The molecule has 0 radical (unpaired) electrons. The van der Waals surface area contributed by atoms with Crippen LogP contribution >= 0.6 is 0 Å². The van der Waals surface area contributed by atoms with Gasteiger partial charge in [0.05, 0.1) is 30.5 Å². The largest absolute Gasteiger partial charge is 0.373 e. The molecule has 3 rings (SSSR count). The van der Waals surface area contributed by atoms with Crippen LogP contribution in [-0.2, 0) is 18.8 Å². The predicted octanol–water partition coefficient (Wildman–Crippen LogP) is 0.263. The Labute approximate surface area is 152 Å². The summed E-state index contributed by atoms with van der Waals surface area (Å²) in [6.07, 6.45) is 5.13. The standard InChI is InChI=1S/C18H25N5O3/c1-20(2)12-15-17(14-9-19-22(4)11-14)23(7-8-26-15)18(25)13-5-6-16(24)21(3)10-13/h5-6,9-11,15,17H,7-8,12H2,1-4H3/t15-,17-/m0/s1. The summed E-state index contributed by atoms with van der Waals surface area (Å²) in [6.45, 7) is 1.66. The van der Waals surface area contributed by atoms with E-state index in [4.69, 9.17) is 4.74 Å². The fourth-order valence-corrected chi connectivity index (χ4v) is 3.35.